The zero-order valence-corrected chi connectivity index (χ0v) is 12.2. The molecule has 106 valence electrons. The van der Waals surface area contributed by atoms with E-state index in [1.54, 1.807) is 6.07 Å². The van der Waals surface area contributed by atoms with Gasteiger partial charge in [-0.1, -0.05) is 12.1 Å². The van der Waals surface area contributed by atoms with Gasteiger partial charge >= 0.3 is 0 Å². The normalized spacial score (nSPS) is 28.5. The Balaban J connectivity index is 0.00000133. The van der Waals surface area contributed by atoms with Crippen molar-refractivity contribution in [2.45, 2.75) is 25.8 Å². The molecule has 2 aliphatic heterocycles. The molecule has 2 nitrogen and oxygen atoms in total. The summed E-state index contributed by atoms with van der Waals surface area (Å²) in [5, 5.41) is 3.48. The summed E-state index contributed by atoms with van der Waals surface area (Å²) in [5.74, 6) is -0.129. The van der Waals surface area contributed by atoms with E-state index in [2.05, 4.69) is 17.1 Å². The highest BCUT2D eigenvalue weighted by atomic mass is 35.5. The zero-order valence-electron chi connectivity index (χ0n) is 11.4. The summed E-state index contributed by atoms with van der Waals surface area (Å²) in [6.07, 6.45) is 2.57. The van der Waals surface area contributed by atoms with Crippen LogP contribution in [0, 0.1) is 11.2 Å². The maximum absolute atomic E-state index is 13.3. The molecule has 0 amide bonds. The average Bonchev–Trinajstić information content (AvgIpc) is 3.00. The Kier molecular flexibility index (Phi) is 4.49. The van der Waals surface area contributed by atoms with Crippen LogP contribution in [0.2, 0.25) is 0 Å². The van der Waals surface area contributed by atoms with Crippen molar-refractivity contribution in [3.8, 4) is 0 Å². The summed E-state index contributed by atoms with van der Waals surface area (Å²) in [6, 6.07) is 7.35. The third-order valence-electron chi connectivity index (χ3n) is 4.68. The van der Waals surface area contributed by atoms with Gasteiger partial charge in [-0.3, -0.25) is 4.90 Å². The Hall–Kier alpha value is -0.640. The molecule has 19 heavy (non-hydrogen) atoms. The lowest BCUT2D eigenvalue weighted by Gasteiger charge is -2.27. The number of rotatable bonds is 2. The van der Waals surface area contributed by atoms with Crippen molar-refractivity contribution in [2.24, 2.45) is 5.41 Å². The predicted molar refractivity (Wildman–Crippen MR) is 78.2 cm³/mol. The minimum Gasteiger partial charge on any atom is -0.316 e. The van der Waals surface area contributed by atoms with Crippen LogP contribution in [-0.2, 0) is 0 Å². The SMILES string of the molecule is CC(c1cccc(F)c1)N1CCC2(CCNC2)C1.Cl. The molecule has 1 aromatic carbocycles. The fourth-order valence-electron chi connectivity index (χ4n) is 3.42. The summed E-state index contributed by atoms with van der Waals surface area (Å²) in [4.78, 5) is 2.50. The van der Waals surface area contributed by atoms with Crippen molar-refractivity contribution < 1.29 is 4.39 Å². The van der Waals surface area contributed by atoms with E-state index in [0.717, 1.165) is 31.7 Å². The van der Waals surface area contributed by atoms with Crippen LogP contribution in [0.1, 0.15) is 31.4 Å². The van der Waals surface area contributed by atoms with Crippen LogP contribution in [0.3, 0.4) is 0 Å². The summed E-state index contributed by atoms with van der Waals surface area (Å²) >= 11 is 0. The lowest BCUT2D eigenvalue weighted by Crippen LogP contribution is -2.30. The van der Waals surface area contributed by atoms with E-state index in [0.29, 0.717) is 11.5 Å². The number of benzene rings is 1. The van der Waals surface area contributed by atoms with E-state index in [4.69, 9.17) is 0 Å². The number of hydrogen-bond acceptors (Lipinski definition) is 2. The van der Waals surface area contributed by atoms with Crippen molar-refractivity contribution in [1.29, 1.82) is 0 Å². The second kappa shape index (κ2) is 5.78. The van der Waals surface area contributed by atoms with E-state index >= 15 is 0 Å². The average molecular weight is 285 g/mol. The van der Waals surface area contributed by atoms with E-state index in [9.17, 15) is 4.39 Å². The first kappa shape index (κ1) is 14.8. The quantitative estimate of drug-likeness (QED) is 0.898. The van der Waals surface area contributed by atoms with Gasteiger partial charge in [-0.15, -0.1) is 12.4 Å². The molecule has 2 saturated heterocycles. The minimum atomic E-state index is -0.129. The highest BCUT2D eigenvalue weighted by molar-refractivity contribution is 5.85. The number of nitrogens with zero attached hydrogens (tertiary/aromatic N) is 1. The van der Waals surface area contributed by atoms with Crippen molar-refractivity contribution in [1.82, 2.24) is 10.2 Å². The van der Waals surface area contributed by atoms with Gasteiger partial charge < -0.3 is 5.32 Å². The highest BCUT2D eigenvalue weighted by Gasteiger charge is 2.41. The molecule has 0 saturated carbocycles. The maximum atomic E-state index is 13.3. The van der Waals surface area contributed by atoms with Gasteiger partial charge in [0.25, 0.3) is 0 Å². The van der Waals surface area contributed by atoms with Gasteiger partial charge in [0.05, 0.1) is 0 Å². The smallest absolute Gasteiger partial charge is 0.123 e. The fourth-order valence-corrected chi connectivity index (χ4v) is 3.42. The van der Waals surface area contributed by atoms with Gasteiger partial charge in [-0.2, -0.15) is 0 Å². The van der Waals surface area contributed by atoms with E-state index in [1.807, 2.05) is 12.1 Å². The second-order valence-electron chi connectivity index (χ2n) is 5.88. The van der Waals surface area contributed by atoms with E-state index in [-0.39, 0.29) is 18.2 Å². The summed E-state index contributed by atoms with van der Waals surface area (Å²) in [6.45, 7) is 6.79. The number of likely N-dealkylation sites (tertiary alicyclic amines) is 1. The number of nitrogens with one attached hydrogen (secondary N) is 1. The molecule has 2 aliphatic rings. The number of hydrogen-bond donors (Lipinski definition) is 1. The van der Waals surface area contributed by atoms with Crippen molar-refractivity contribution in [3.05, 3.63) is 35.6 Å². The third-order valence-corrected chi connectivity index (χ3v) is 4.68. The standard InChI is InChI=1S/C15H21FN2.ClH/c1-12(13-3-2-4-14(16)9-13)18-8-6-15(11-18)5-7-17-10-15;/h2-4,9,12,17H,5-8,10-11H2,1H3;1H. The first-order valence-electron chi connectivity index (χ1n) is 6.89. The molecule has 1 aromatic rings. The molecular formula is C15H22ClFN2. The van der Waals surface area contributed by atoms with Crippen LogP contribution < -0.4 is 5.32 Å². The first-order chi connectivity index (χ1) is 8.69. The van der Waals surface area contributed by atoms with E-state index < -0.39 is 0 Å². The lowest BCUT2D eigenvalue weighted by atomic mass is 9.86. The van der Waals surface area contributed by atoms with E-state index in [1.165, 1.54) is 18.9 Å². The van der Waals surface area contributed by atoms with Crippen LogP contribution in [-0.4, -0.2) is 31.1 Å². The van der Waals surface area contributed by atoms with Crippen LogP contribution >= 0.6 is 12.4 Å². The molecule has 0 aliphatic carbocycles. The van der Waals surface area contributed by atoms with Crippen LogP contribution in [0.25, 0.3) is 0 Å². The summed E-state index contributed by atoms with van der Waals surface area (Å²) < 4.78 is 13.3. The highest BCUT2D eigenvalue weighted by Crippen LogP contribution is 2.39. The van der Waals surface area contributed by atoms with Gasteiger partial charge in [0.2, 0.25) is 0 Å². The Morgan fingerprint density at radius 1 is 1.37 bits per heavy atom. The molecule has 1 spiro atoms. The van der Waals surface area contributed by atoms with Gasteiger partial charge in [-0.25, -0.2) is 4.39 Å². The van der Waals surface area contributed by atoms with Crippen LogP contribution in [0.4, 0.5) is 4.39 Å². The largest absolute Gasteiger partial charge is 0.316 e. The van der Waals surface area contributed by atoms with Crippen molar-refractivity contribution >= 4 is 12.4 Å². The van der Waals surface area contributed by atoms with Crippen molar-refractivity contribution in [2.75, 3.05) is 26.2 Å². The van der Waals surface area contributed by atoms with Gasteiger partial charge in [0, 0.05) is 19.1 Å². The Morgan fingerprint density at radius 2 is 2.21 bits per heavy atom. The molecular weight excluding hydrogens is 263 g/mol. The maximum Gasteiger partial charge on any atom is 0.123 e. The lowest BCUT2D eigenvalue weighted by molar-refractivity contribution is 0.223. The van der Waals surface area contributed by atoms with Gasteiger partial charge in [0.15, 0.2) is 0 Å². The molecule has 2 heterocycles. The van der Waals surface area contributed by atoms with Crippen LogP contribution in [0.5, 0.6) is 0 Å². The fraction of sp³-hybridized carbons (Fsp3) is 0.600. The topological polar surface area (TPSA) is 15.3 Å². The number of halogens is 2. The zero-order chi connectivity index (χ0) is 12.6. The molecule has 3 rings (SSSR count). The first-order valence-corrected chi connectivity index (χ1v) is 6.89. The third kappa shape index (κ3) is 2.93. The van der Waals surface area contributed by atoms with Gasteiger partial charge in [0.1, 0.15) is 5.82 Å². The molecule has 1 N–H and O–H groups in total. The van der Waals surface area contributed by atoms with Crippen molar-refractivity contribution in [3.63, 3.8) is 0 Å². The second-order valence-corrected chi connectivity index (χ2v) is 5.88. The molecule has 4 heteroatoms. The van der Waals surface area contributed by atoms with Gasteiger partial charge in [-0.05, 0) is 56.0 Å². The predicted octanol–water partition coefficient (Wildman–Crippen LogP) is 2.99. The molecule has 0 aromatic heterocycles. The Labute approximate surface area is 120 Å². The summed E-state index contributed by atoms with van der Waals surface area (Å²) in [5.41, 5.74) is 1.58. The minimum absolute atomic E-state index is 0. The summed E-state index contributed by atoms with van der Waals surface area (Å²) in [7, 11) is 0. The molecule has 0 bridgehead atoms. The molecule has 2 atom stereocenters. The Bertz CT molecular complexity index is 432. The van der Waals surface area contributed by atoms with Crippen LogP contribution in [0.15, 0.2) is 24.3 Å². The molecule has 2 unspecified atom stereocenters. The monoisotopic (exact) mass is 284 g/mol. The molecule has 0 radical (unpaired) electrons. The Morgan fingerprint density at radius 3 is 2.89 bits per heavy atom. The molecule has 2 fully saturated rings.